The quantitative estimate of drug-likeness (QED) is 0.265. The normalized spacial score (nSPS) is 18.3. The third-order valence-corrected chi connectivity index (χ3v) is 7.18. The lowest BCUT2D eigenvalue weighted by atomic mass is 9.85. The van der Waals surface area contributed by atoms with E-state index in [0.29, 0.717) is 51.1 Å². The van der Waals surface area contributed by atoms with Gasteiger partial charge in [0.1, 0.15) is 17.5 Å². The average molecular weight is 510 g/mol. The predicted octanol–water partition coefficient (Wildman–Crippen LogP) is 2.99. The summed E-state index contributed by atoms with van der Waals surface area (Å²) in [6.45, 7) is 4.93. The van der Waals surface area contributed by atoms with Crippen LogP contribution < -0.4 is 4.73 Å². The second kappa shape index (κ2) is 8.04. The molecule has 0 radical (unpaired) electrons. The van der Waals surface area contributed by atoms with Crippen LogP contribution in [0.5, 0.6) is 0 Å². The molecule has 3 aromatic heterocycles. The van der Waals surface area contributed by atoms with Crippen molar-refractivity contribution in [1.82, 2.24) is 19.6 Å². The fourth-order valence-electron chi connectivity index (χ4n) is 5.60. The number of aromatic nitrogens is 5. The maximum absolute atomic E-state index is 14.1. The Labute approximate surface area is 216 Å². The van der Waals surface area contributed by atoms with Crippen molar-refractivity contribution in [1.29, 1.82) is 0 Å². The Kier molecular flexibility index (Phi) is 4.82. The summed E-state index contributed by atoms with van der Waals surface area (Å²) < 4.78 is 15.7. The molecule has 7 rings (SSSR count). The molecule has 1 fully saturated rings. The molecule has 0 N–H and O–H groups in total. The standard InChI is InChI=1S/C28H23N5O5/c1-28(2)37-15-17(38-28)13-31-11-16(29-30-31)12-32-21-9-5-3-7-18(21)24-25(32)27(35)23-19-8-4-6-10-22(19)33(36)14-20(23)26(24)34/h3-11,14,17H,12-13,15H2,1-2H3. The summed E-state index contributed by atoms with van der Waals surface area (Å²) in [6.07, 6.45) is 2.89. The van der Waals surface area contributed by atoms with E-state index in [9.17, 15) is 14.8 Å². The van der Waals surface area contributed by atoms with Gasteiger partial charge in [-0.1, -0.05) is 35.5 Å². The number of pyridine rings is 1. The van der Waals surface area contributed by atoms with E-state index in [2.05, 4.69) is 10.3 Å². The Bertz CT molecular complexity index is 1800. The Balaban J connectivity index is 1.33. The first-order chi connectivity index (χ1) is 18.3. The zero-order valence-corrected chi connectivity index (χ0v) is 20.7. The van der Waals surface area contributed by atoms with Crippen LogP contribution in [0.1, 0.15) is 51.5 Å². The van der Waals surface area contributed by atoms with E-state index in [1.165, 1.54) is 6.20 Å². The van der Waals surface area contributed by atoms with E-state index in [-0.39, 0.29) is 35.3 Å². The minimum Gasteiger partial charge on any atom is -0.618 e. The summed E-state index contributed by atoms with van der Waals surface area (Å²) in [7, 11) is 0. The lowest BCUT2D eigenvalue weighted by Gasteiger charge is -2.18. The van der Waals surface area contributed by atoms with Gasteiger partial charge in [-0.25, -0.2) is 4.68 Å². The molecule has 0 spiro atoms. The van der Waals surface area contributed by atoms with E-state index in [1.807, 2.05) is 48.9 Å². The molecule has 190 valence electrons. The number of nitrogens with zero attached hydrogens (tertiary/aromatic N) is 5. The fourth-order valence-corrected chi connectivity index (χ4v) is 5.60. The molecule has 2 aromatic carbocycles. The van der Waals surface area contributed by atoms with Crippen molar-refractivity contribution < 1.29 is 23.8 Å². The molecule has 0 saturated carbocycles. The third-order valence-electron chi connectivity index (χ3n) is 7.18. The van der Waals surface area contributed by atoms with Gasteiger partial charge in [0.05, 0.1) is 48.0 Å². The number of fused-ring (bicyclic) bond motifs is 6. The van der Waals surface area contributed by atoms with Gasteiger partial charge in [0.15, 0.2) is 12.0 Å². The maximum Gasteiger partial charge on any atom is 0.224 e. The zero-order chi connectivity index (χ0) is 26.2. The van der Waals surface area contributed by atoms with Crippen molar-refractivity contribution in [2.75, 3.05) is 6.61 Å². The van der Waals surface area contributed by atoms with Crippen LogP contribution in [0.4, 0.5) is 0 Å². The minimum atomic E-state index is -0.629. The number of carbonyl (C=O) groups excluding carboxylic acids is 2. The van der Waals surface area contributed by atoms with Gasteiger partial charge in [0.25, 0.3) is 0 Å². The van der Waals surface area contributed by atoms with Crippen molar-refractivity contribution in [3.8, 4) is 0 Å². The van der Waals surface area contributed by atoms with Gasteiger partial charge < -0.3 is 19.2 Å². The minimum absolute atomic E-state index is 0.117. The van der Waals surface area contributed by atoms with Gasteiger partial charge in [0, 0.05) is 17.0 Å². The predicted molar refractivity (Wildman–Crippen MR) is 136 cm³/mol. The van der Waals surface area contributed by atoms with Crippen molar-refractivity contribution in [2.45, 2.75) is 38.8 Å². The Hall–Kier alpha value is -4.41. The van der Waals surface area contributed by atoms with E-state index in [0.717, 1.165) is 5.52 Å². The molecule has 10 nitrogen and oxygen atoms in total. The smallest absolute Gasteiger partial charge is 0.224 e. The molecule has 5 aromatic rings. The summed E-state index contributed by atoms with van der Waals surface area (Å²) in [4.78, 5) is 27.9. The summed E-state index contributed by atoms with van der Waals surface area (Å²) in [5, 5.41) is 22.4. The van der Waals surface area contributed by atoms with Crippen LogP contribution in [0.25, 0.3) is 21.8 Å². The van der Waals surface area contributed by atoms with Gasteiger partial charge in [-0.05, 0) is 26.0 Å². The van der Waals surface area contributed by atoms with Crippen LogP contribution in [-0.4, -0.2) is 49.6 Å². The molecule has 1 atom stereocenters. The number of carbonyl (C=O) groups is 2. The topological polar surface area (TPSA) is 115 Å². The average Bonchev–Trinajstić information content (AvgIpc) is 3.58. The van der Waals surface area contributed by atoms with Crippen LogP contribution in [0.3, 0.4) is 0 Å². The number of ketones is 2. The second-order valence-corrected chi connectivity index (χ2v) is 10.1. The molecule has 38 heavy (non-hydrogen) atoms. The van der Waals surface area contributed by atoms with Gasteiger partial charge in [-0.2, -0.15) is 4.73 Å². The molecule has 1 aliphatic heterocycles. The highest BCUT2D eigenvalue weighted by Gasteiger charge is 2.39. The highest BCUT2D eigenvalue weighted by atomic mass is 16.7. The van der Waals surface area contributed by atoms with Gasteiger partial charge in [-0.3, -0.25) is 9.59 Å². The third kappa shape index (κ3) is 3.37. The second-order valence-electron chi connectivity index (χ2n) is 10.1. The number of hydrogen-bond acceptors (Lipinski definition) is 7. The molecule has 2 aliphatic rings. The molecule has 4 heterocycles. The Morgan fingerprint density at radius 2 is 1.82 bits per heavy atom. The number of para-hydroxylation sites is 2. The number of ether oxygens (including phenoxy) is 2. The maximum atomic E-state index is 14.1. The highest BCUT2D eigenvalue weighted by molar-refractivity contribution is 6.34. The lowest BCUT2D eigenvalue weighted by Crippen LogP contribution is -2.33. The summed E-state index contributed by atoms with van der Waals surface area (Å²) in [5.74, 6) is -1.27. The van der Waals surface area contributed by atoms with Crippen molar-refractivity contribution in [2.24, 2.45) is 0 Å². The molecule has 0 bridgehead atoms. The van der Waals surface area contributed by atoms with Crippen LogP contribution in [0.2, 0.25) is 0 Å². The Morgan fingerprint density at radius 1 is 1.05 bits per heavy atom. The first kappa shape index (κ1) is 22.8. The van der Waals surface area contributed by atoms with Crippen molar-refractivity contribution >= 4 is 33.4 Å². The monoisotopic (exact) mass is 509 g/mol. The molecule has 1 saturated heterocycles. The van der Waals surface area contributed by atoms with Gasteiger partial charge in [0.2, 0.25) is 17.1 Å². The lowest BCUT2D eigenvalue weighted by molar-refractivity contribution is -0.577. The largest absolute Gasteiger partial charge is 0.618 e. The number of rotatable bonds is 4. The van der Waals surface area contributed by atoms with E-state index in [4.69, 9.17) is 9.47 Å². The summed E-state index contributed by atoms with van der Waals surface area (Å²) in [6, 6.07) is 14.2. The first-order valence-corrected chi connectivity index (χ1v) is 12.4. The van der Waals surface area contributed by atoms with E-state index < -0.39 is 5.79 Å². The highest BCUT2D eigenvalue weighted by Crippen LogP contribution is 2.37. The molecule has 10 heteroatoms. The van der Waals surface area contributed by atoms with Crippen molar-refractivity contribution in [3.05, 3.63) is 94.2 Å². The van der Waals surface area contributed by atoms with Crippen LogP contribution in [0.15, 0.2) is 60.9 Å². The molecule has 1 aliphatic carbocycles. The summed E-state index contributed by atoms with van der Waals surface area (Å²) >= 11 is 0. The van der Waals surface area contributed by atoms with Crippen LogP contribution in [0, 0.1) is 5.21 Å². The fraction of sp³-hybridized carbons (Fsp3) is 0.250. The zero-order valence-electron chi connectivity index (χ0n) is 20.7. The summed E-state index contributed by atoms with van der Waals surface area (Å²) in [5.41, 5.74) is 2.66. The van der Waals surface area contributed by atoms with Gasteiger partial charge in [-0.15, -0.1) is 5.10 Å². The first-order valence-electron chi connectivity index (χ1n) is 12.4. The molecule has 1 unspecified atom stereocenters. The van der Waals surface area contributed by atoms with Crippen molar-refractivity contribution in [3.63, 3.8) is 0 Å². The SMILES string of the molecule is CC1(C)OCC(Cn2cc(Cn3c4c(c5ccccc53)C(=O)c3c[n+]([O-])c5ccccc5c3C4=O)nn2)O1. The van der Waals surface area contributed by atoms with E-state index >= 15 is 0 Å². The van der Waals surface area contributed by atoms with Gasteiger partial charge >= 0.3 is 0 Å². The van der Waals surface area contributed by atoms with E-state index in [1.54, 1.807) is 28.9 Å². The molecular weight excluding hydrogens is 486 g/mol. The molecule has 0 amide bonds. The number of hydrogen-bond donors (Lipinski definition) is 0. The Morgan fingerprint density at radius 3 is 2.61 bits per heavy atom. The van der Waals surface area contributed by atoms with Crippen LogP contribution in [-0.2, 0) is 22.6 Å². The molecular formula is C28H23N5O5. The number of benzene rings is 2. The van der Waals surface area contributed by atoms with Crippen LogP contribution >= 0.6 is 0 Å².